The topological polar surface area (TPSA) is 101 Å². The lowest BCUT2D eigenvalue weighted by molar-refractivity contribution is -0.119. The van der Waals surface area contributed by atoms with Gasteiger partial charge in [-0.3, -0.25) is 19.0 Å². The van der Waals surface area contributed by atoms with E-state index in [2.05, 4.69) is 20.5 Å². The van der Waals surface area contributed by atoms with E-state index in [1.165, 1.54) is 17.8 Å². The fourth-order valence-corrected chi connectivity index (χ4v) is 3.81. The molecule has 2 aromatic heterocycles. The maximum Gasteiger partial charge on any atom is 0.252 e. The molecule has 1 fully saturated rings. The number of nitrogens with zero attached hydrogens (tertiary/aromatic N) is 3. The molecule has 9 heteroatoms. The highest BCUT2D eigenvalue weighted by Crippen LogP contribution is 2.23. The number of thioether (sulfide) groups is 1. The largest absolute Gasteiger partial charge is 0.376 e. The third-order valence-corrected chi connectivity index (χ3v) is 5.26. The monoisotopic (exact) mass is 385 g/mol. The molecule has 0 unspecified atom stereocenters. The maximum atomic E-state index is 12.1. The van der Waals surface area contributed by atoms with Gasteiger partial charge in [-0.15, -0.1) is 10.2 Å². The maximum absolute atomic E-state index is 12.1. The highest BCUT2D eigenvalue weighted by atomic mass is 32.2. The van der Waals surface area contributed by atoms with E-state index in [1.807, 2.05) is 30.3 Å². The minimum Gasteiger partial charge on any atom is -0.376 e. The van der Waals surface area contributed by atoms with Crippen molar-refractivity contribution in [2.24, 2.45) is 0 Å². The van der Waals surface area contributed by atoms with Gasteiger partial charge in [-0.05, 0) is 18.4 Å². The molecule has 1 aliphatic heterocycles. The Balaban J connectivity index is 1.52. The summed E-state index contributed by atoms with van der Waals surface area (Å²) in [6.45, 7) is 1.30. The van der Waals surface area contributed by atoms with Gasteiger partial charge in [-0.2, -0.15) is 0 Å². The smallest absolute Gasteiger partial charge is 0.252 e. The molecule has 3 aromatic rings. The number of benzene rings is 1. The summed E-state index contributed by atoms with van der Waals surface area (Å²) < 4.78 is 7.26. The van der Waals surface area contributed by atoms with Crippen molar-refractivity contribution >= 4 is 23.4 Å². The lowest BCUT2D eigenvalue weighted by atomic mass is 10.1. The van der Waals surface area contributed by atoms with Gasteiger partial charge in [0.1, 0.15) is 0 Å². The van der Waals surface area contributed by atoms with Crippen LogP contribution in [0.4, 0.5) is 0 Å². The number of aromatic nitrogens is 4. The zero-order valence-corrected chi connectivity index (χ0v) is 15.4. The molecule has 3 heterocycles. The first-order valence-electron chi connectivity index (χ1n) is 8.76. The van der Waals surface area contributed by atoms with Crippen molar-refractivity contribution in [3.63, 3.8) is 0 Å². The predicted molar refractivity (Wildman–Crippen MR) is 102 cm³/mol. The second kappa shape index (κ2) is 7.93. The van der Waals surface area contributed by atoms with Crippen LogP contribution in [0.3, 0.4) is 0 Å². The zero-order chi connectivity index (χ0) is 18.6. The summed E-state index contributed by atoms with van der Waals surface area (Å²) in [5.74, 6) is 0.475. The van der Waals surface area contributed by atoms with E-state index in [-0.39, 0.29) is 23.3 Å². The number of fused-ring (bicyclic) bond motifs is 1. The predicted octanol–water partition coefficient (Wildman–Crippen LogP) is 1.47. The van der Waals surface area contributed by atoms with E-state index in [1.54, 1.807) is 4.40 Å². The number of carbonyl (C=O) groups excluding carboxylic acids is 1. The van der Waals surface area contributed by atoms with Gasteiger partial charge in [-0.25, -0.2) is 0 Å². The quantitative estimate of drug-likeness (QED) is 0.623. The van der Waals surface area contributed by atoms with Gasteiger partial charge in [0.15, 0.2) is 5.16 Å². The Morgan fingerprint density at radius 1 is 1.33 bits per heavy atom. The summed E-state index contributed by atoms with van der Waals surface area (Å²) in [5, 5.41) is 11.6. The minimum absolute atomic E-state index is 0.0852. The van der Waals surface area contributed by atoms with Gasteiger partial charge in [0.2, 0.25) is 11.7 Å². The van der Waals surface area contributed by atoms with Gasteiger partial charge >= 0.3 is 0 Å². The number of aromatic amines is 1. The van der Waals surface area contributed by atoms with Crippen molar-refractivity contribution in [3.05, 3.63) is 46.8 Å². The summed E-state index contributed by atoms with van der Waals surface area (Å²) in [4.78, 5) is 26.8. The molecule has 0 radical (unpaired) electrons. The SMILES string of the molecule is O=C(CSc1nnc2[nH]c(=O)cc(-c3ccccc3)n12)NC[C@H]1CCCO1. The van der Waals surface area contributed by atoms with Crippen LogP contribution in [0.2, 0.25) is 0 Å². The van der Waals surface area contributed by atoms with Crippen LogP contribution in [-0.2, 0) is 9.53 Å². The number of rotatable bonds is 6. The molecule has 0 saturated carbocycles. The Bertz CT molecular complexity index is 995. The van der Waals surface area contributed by atoms with E-state index in [0.717, 1.165) is 25.0 Å². The number of carbonyl (C=O) groups is 1. The van der Waals surface area contributed by atoms with Crippen LogP contribution < -0.4 is 10.9 Å². The first-order valence-corrected chi connectivity index (χ1v) is 9.74. The van der Waals surface area contributed by atoms with E-state index < -0.39 is 0 Å². The van der Waals surface area contributed by atoms with Crippen LogP contribution in [0.25, 0.3) is 17.0 Å². The van der Waals surface area contributed by atoms with E-state index in [9.17, 15) is 9.59 Å². The van der Waals surface area contributed by atoms with Gasteiger partial charge in [-0.1, -0.05) is 42.1 Å². The molecule has 0 bridgehead atoms. The molecular formula is C18H19N5O3S. The summed E-state index contributed by atoms with van der Waals surface area (Å²) in [6, 6.07) is 11.0. The third-order valence-electron chi connectivity index (χ3n) is 4.33. The third kappa shape index (κ3) is 4.04. The minimum atomic E-state index is -0.250. The average molecular weight is 385 g/mol. The second-order valence-corrected chi connectivity index (χ2v) is 7.20. The Morgan fingerprint density at radius 3 is 2.96 bits per heavy atom. The van der Waals surface area contributed by atoms with Gasteiger partial charge in [0.05, 0.1) is 17.6 Å². The Kier molecular flexibility index (Phi) is 5.21. The highest BCUT2D eigenvalue weighted by Gasteiger charge is 2.17. The lowest BCUT2D eigenvalue weighted by Gasteiger charge is -2.10. The molecule has 1 amide bonds. The van der Waals surface area contributed by atoms with Crippen LogP contribution >= 0.6 is 11.8 Å². The Labute approximate surface area is 159 Å². The van der Waals surface area contributed by atoms with Gasteiger partial charge in [0, 0.05) is 19.2 Å². The van der Waals surface area contributed by atoms with Crippen molar-refractivity contribution in [1.29, 1.82) is 0 Å². The Hall–Kier alpha value is -2.65. The van der Waals surface area contributed by atoms with Crippen molar-refractivity contribution in [2.75, 3.05) is 18.9 Å². The lowest BCUT2D eigenvalue weighted by Crippen LogP contribution is -2.32. The molecule has 8 nitrogen and oxygen atoms in total. The van der Waals surface area contributed by atoms with Crippen molar-refractivity contribution in [1.82, 2.24) is 24.9 Å². The number of ether oxygens (including phenoxy) is 1. The van der Waals surface area contributed by atoms with Gasteiger partial charge < -0.3 is 10.1 Å². The fourth-order valence-electron chi connectivity index (χ4n) is 3.03. The van der Waals surface area contributed by atoms with Gasteiger partial charge in [0.25, 0.3) is 5.56 Å². The van der Waals surface area contributed by atoms with Crippen molar-refractivity contribution in [3.8, 4) is 11.3 Å². The van der Waals surface area contributed by atoms with E-state index >= 15 is 0 Å². The molecule has 1 atom stereocenters. The molecule has 1 aromatic carbocycles. The number of hydrogen-bond acceptors (Lipinski definition) is 6. The molecular weight excluding hydrogens is 366 g/mol. The first-order chi connectivity index (χ1) is 13.2. The zero-order valence-electron chi connectivity index (χ0n) is 14.6. The summed E-state index contributed by atoms with van der Waals surface area (Å²) in [7, 11) is 0. The van der Waals surface area contributed by atoms with E-state index in [4.69, 9.17) is 4.74 Å². The molecule has 140 valence electrons. The van der Waals surface area contributed by atoms with Crippen LogP contribution in [0.1, 0.15) is 12.8 Å². The van der Waals surface area contributed by atoms with E-state index in [0.29, 0.717) is 23.2 Å². The molecule has 0 aliphatic carbocycles. The molecule has 2 N–H and O–H groups in total. The second-order valence-electron chi connectivity index (χ2n) is 6.25. The van der Waals surface area contributed by atoms with Crippen molar-refractivity contribution in [2.45, 2.75) is 24.1 Å². The molecule has 1 aliphatic rings. The number of H-pyrrole nitrogens is 1. The fraction of sp³-hybridized carbons (Fsp3) is 0.333. The molecule has 27 heavy (non-hydrogen) atoms. The molecule has 1 saturated heterocycles. The van der Waals surface area contributed by atoms with Crippen LogP contribution in [0, 0.1) is 0 Å². The average Bonchev–Trinajstić information content (AvgIpc) is 3.34. The summed E-state index contributed by atoms with van der Waals surface area (Å²) in [6.07, 6.45) is 2.14. The number of amides is 1. The van der Waals surface area contributed by atoms with Crippen LogP contribution in [0.15, 0.2) is 46.3 Å². The number of nitrogens with one attached hydrogen (secondary N) is 2. The summed E-state index contributed by atoms with van der Waals surface area (Å²) >= 11 is 1.28. The van der Waals surface area contributed by atoms with Crippen LogP contribution in [-0.4, -0.2) is 50.5 Å². The molecule has 4 rings (SSSR count). The Morgan fingerprint density at radius 2 is 2.19 bits per heavy atom. The summed E-state index contributed by atoms with van der Waals surface area (Å²) in [5.41, 5.74) is 1.30. The van der Waals surface area contributed by atoms with Crippen molar-refractivity contribution < 1.29 is 9.53 Å². The van der Waals surface area contributed by atoms with Crippen LogP contribution in [0.5, 0.6) is 0 Å². The standard InChI is InChI=1S/C18H19N5O3S/c24-15-9-14(12-5-2-1-3-6-12)23-17(20-15)21-22-18(23)27-11-16(25)19-10-13-7-4-8-26-13/h1-3,5-6,9,13H,4,7-8,10-11H2,(H,19,25)(H,20,21,24)/t13-/m1/s1. The molecule has 0 spiro atoms. The highest BCUT2D eigenvalue weighted by molar-refractivity contribution is 7.99. The first kappa shape index (κ1) is 17.7. The normalized spacial score (nSPS) is 16.7. The number of hydrogen-bond donors (Lipinski definition) is 2.